The maximum absolute atomic E-state index is 6.13. The fraction of sp³-hybridized carbons (Fsp3) is 0.750. The van der Waals surface area contributed by atoms with Gasteiger partial charge in [-0.15, -0.1) is 21.2 Å². The third kappa shape index (κ3) is 4.33. The van der Waals surface area contributed by atoms with Gasteiger partial charge in [0.05, 0.1) is 23.5 Å². The highest BCUT2D eigenvalue weighted by atomic mass is 35.5. The zero-order valence-electron chi connectivity index (χ0n) is 15.1. The van der Waals surface area contributed by atoms with Gasteiger partial charge in [0.1, 0.15) is 11.4 Å². The molecule has 2 aliphatic heterocycles. The highest BCUT2D eigenvalue weighted by Gasteiger charge is 2.29. The van der Waals surface area contributed by atoms with Crippen LogP contribution in [-0.4, -0.2) is 67.6 Å². The molecule has 0 aromatic carbocycles. The van der Waals surface area contributed by atoms with Gasteiger partial charge in [-0.3, -0.25) is 0 Å². The van der Waals surface area contributed by atoms with Crippen LogP contribution in [-0.2, 0) is 0 Å². The molecule has 2 fully saturated rings. The predicted molar refractivity (Wildman–Crippen MR) is 106 cm³/mol. The molecule has 2 unspecified atom stereocenters. The van der Waals surface area contributed by atoms with Gasteiger partial charge in [-0.05, 0) is 52.9 Å². The summed E-state index contributed by atoms with van der Waals surface area (Å²) in [5.74, 6) is 2.04. The number of hydrogen-bond donors (Lipinski definition) is 0. The van der Waals surface area contributed by atoms with Gasteiger partial charge in [0.2, 0.25) is 0 Å². The molecule has 2 saturated heterocycles. The summed E-state index contributed by atoms with van der Waals surface area (Å²) >= 11 is 2.46. The molecule has 2 aliphatic rings. The van der Waals surface area contributed by atoms with Gasteiger partial charge in [0, 0.05) is 24.9 Å². The quantitative estimate of drug-likeness (QED) is 0.757. The lowest BCUT2D eigenvalue weighted by Gasteiger charge is -2.29. The minimum absolute atomic E-state index is 0. The van der Waals surface area contributed by atoms with E-state index < -0.39 is 0 Å². The molecule has 26 heavy (non-hydrogen) atoms. The number of halogens is 1. The Labute approximate surface area is 168 Å². The van der Waals surface area contributed by atoms with Crippen LogP contribution in [0.15, 0.2) is 0 Å². The molecule has 10 heteroatoms. The first-order valence-corrected chi connectivity index (χ1v) is 10.4. The zero-order chi connectivity index (χ0) is 17.2. The molecule has 0 amide bonds. The minimum atomic E-state index is 0. The molecule has 144 valence electrons. The summed E-state index contributed by atoms with van der Waals surface area (Å²) in [5, 5.41) is 0. The van der Waals surface area contributed by atoms with Crippen LogP contribution in [0.4, 0.5) is 0 Å². The highest BCUT2D eigenvalue weighted by Crippen LogP contribution is 2.37. The summed E-state index contributed by atoms with van der Waals surface area (Å²) < 4.78 is 24.0. The largest absolute Gasteiger partial charge is 0.415 e. The smallest absolute Gasteiger partial charge is 0.256 e. The van der Waals surface area contributed by atoms with Crippen molar-refractivity contribution < 1.29 is 4.74 Å². The van der Waals surface area contributed by atoms with Gasteiger partial charge in [0.25, 0.3) is 11.8 Å². The van der Waals surface area contributed by atoms with Crippen molar-refractivity contribution in [2.24, 2.45) is 0 Å². The van der Waals surface area contributed by atoms with Crippen LogP contribution in [0.3, 0.4) is 0 Å². The standard InChI is InChI=1S/C16H24N6OS2.ClH/c1-21-7-3-5-11(9-21)13-15(19-24-17-13)23-16-14(18-25-20-16)12-6-4-8-22(2)10-12;/h11-12H,3-10H2,1-2H3;1H. The van der Waals surface area contributed by atoms with E-state index in [4.69, 9.17) is 4.74 Å². The molecule has 0 aliphatic carbocycles. The fourth-order valence-corrected chi connectivity index (χ4v) is 5.01. The number of nitrogens with zero attached hydrogens (tertiary/aromatic N) is 6. The van der Waals surface area contributed by atoms with E-state index in [0.29, 0.717) is 23.6 Å². The first-order chi connectivity index (χ1) is 12.2. The monoisotopic (exact) mass is 416 g/mol. The average Bonchev–Trinajstić information content (AvgIpc) is 3.25. The Hall–Kier alpha value is -0.870. The molecule has 0 spiro atoms. The van der Waals surface area contributed by atoms with Crippen molar-refractivity contribution in [3.8, 4) is 11.8 Å². The lowest BCUT2D eigenvalue weighted by atomic mass is 9.95. The Morgan fingerprint density at radius 3 is 1.69 bits per heavy atom. The van der Waals surface area contributed by atoms with Gasteiger partial charge in [-0.1, -0.05) is 0 Å². The molecular formula is C16H25ClN6OS2. The summed E-state index contributed by atoms with van der Waals surface area (Å²) in [6.07, 6.45) is 4.66. The van der Waals surface area contributed by atoms with Gasteiger partial charge in [-0.25, -0.2) is 0 Å². The average molecular weight is 417 g/mol. The lowest BCUT2D eigenvalue weighted by Crippen LogP contribution is -2.31. The number of hydrogen-bond acceptors (Lipinski definition) is 9. The normalized spacial score (nSPS) is 25.0. The second kappa shape index (κ2) is 8.88. The Balaban J connectivity index is 0.00000196. The van der Waals surface area contributed by atoms with E-state index in [1.165, 1.54) is 36.3 Å². The maximum atomic E-state index is 6.13. The molecule has 2 aromatic rings. The molecular weight excluding hydrogens is 392 g/mol. The van der Waals surface area contributed by atoms with Crippen molar-refractivity contribution in [3.63, 3.8) is 0 Å². The number of rotatable bonds is 4. The molecule has 0 N–H and O–H groups in total. The van der Waals surface area contributed by atoms with Crippen LogP contribution in [0, 0.1) is 0 Å². The van der Waals surface area contributed by atoms with Gasteiger partial charge < -0.3 is 14.5 Å². The molecule has 2 aromatic heterocycles. The van der Waals surface area contributed by atoms with Crippen LogP contribution < -0.4 is 4.74 Å². The summed E-state index contributed by atoms with van der Waals surface area (Å²) in [6.45, 7) is 4.33. The van der Waals surface area contributed by atoms with E-state index in [-0.39, 0.29) is 12.4 Å². The highest BCUT2D eigenvalue weighted by molar-refractivity contribution is 6.99. The first kappa shape index (κ1) is 19.9. The van der Waals surface area contributed by atoms with Crippen molar-refractivity contribution in [2.45, 2.75) is 37.5 Å². The molecule has 7 nitrogen and oxygen atoms in total. The van der Waals surface area contributed by atoms with E-state index in [1.807, 2.05) is 0 Å². The number of ether oxygens (including phenoxy) is 1. The second-order valence-electron chi connectivity index (χ2n) is 7.21. The first-order valence-electron chi connectivity index (χ1n) is 8.90. The van der Waals surface area contributed by atoms with Gasteiger partial charge in [0.15, 0.2) is 0 Å². The van der Waals surface area contributed by atoms with Crippen LogP contribution in [0.2, 0.25) is 0 Å². The molecule has 0 bridgehead atoms. The van der Waals surface area contributed by atoms with E-state index in [0.717, 1.165) is 50.4 Å². The predicted octanol–water partition coefficient (Wildman–Crippen LogP) is 3.22. The fourth-order valence-electron chi connectivity index (χ4n) is 3.89. The van der Waals surface area contributed by atoms with Crippen LogP contribution in [0.25, 0.3) is 0 Å². The number of piperidine rings is 2. The number of aromatic nitrogens is 4. The third-order valence-corrected chi connectivity index (χ3v) is 6.23. The van der Waals surface area contributed by atoms with Crippen molar-refractivity contribution in [2.75, 3.05) is 40.3 Å². The van der Waals surface area contributed by atoms with E-state index in [2.05, 4.69) is 41.4 Å². The van der Waals surface area contributed by atoms with Crippen LogP contribution in [0.5, 0.6) is 11.8 Å². The Bertz CT molecular complexity index is 652. The third-order valence-electron chi connectivity index (χ3n) is 5.18. The topological polar surface area (TPSA) is 67.3 Å². The Kier molecular flexibility index (Phi) is 6.79. The summed E-state index contributed by atoms with van der Waals surface area (Å²) in [7, 11) is 4.32. The molecule has 4 rings (SSSR count). The van der Waals surface area contributed by atoms with E-state index in [1.54, 1.807) is 0 Å². The van der Waals surface area contributed by atoms with Gasteiger partial charge >= 0.3 is 0 Å². The van der Waals surface area contributed by atoms with Crippen molar-refractivity contribution in [1.82, 2.24) is 27.3 Å². The summed E-state index contributed by atoms with van der Waals surface area (Å²) in [5.41, 5.74) is 1.97. The minimum Gasteiger partial charge on any atom is -0.415 e. The number of likely N-dealkylation sites (N-methyl/N-ethyl adjacent to an activating group) is 2. The molecule has 4 heterocycles. The van der Waals surface area contributed by atoms with Crippen LogP contribution in [0.1, 0.15) is 48.9 Å². The summed E-state index contributed by atoms with van der Waals surface area (Å²) in [4.78, 5) is 4.70. The maximum Gasteiger partial charge on any atom is 0.256 e. The van der Waals surface area contributed by atoms with Crippen molar-refractivity contribution in [1.29, 1.82) is 0 Å². The lowest BCUT2D eigenvalue weighted by molar-refractivity contribution is 0.243. The number of likely N-dealkylation sites (tertiary alicyclic amines) is 2. The second-order valence-corrected chi connectivity index (χ2v) is 8.27. The van der Waals surface area contributed by atoms with E-state index >= 15 is 0 Å². The van der Waals surface area contributed by atoms with Gasteiger partial charge in [-0.2, -0.15) is 8.75 Å². The SMILES string of the molecule is CN1CCCC(c2nsnc2Oc2nsnc2C2CCCN(C)C2)C1.Cl. The van der Waals surface area contributed by atoms with E-state index in [9.17, 15) is 0 Å². The van der Waals surface area contributed by atoms with Crippen molar-refractivity contribution in [3.05, 3.63) is 11.4 Å². The van der Waals surface area contributed by atoms with Crippen molar-refractivity contribution >= 4 is 35.9 Å². The zero-order valence-corrected chi connectivity index (χ0v) is 17.6. The Morgan fingerprint density at radius 2 is 1.27 bits per heavy atom. The molecule has 2 atom stereocenters. The van der Waals surface area contributed by atoms with Crippen LogP contribution >= 0.6 is 35.9 Å². The molecule has 0 saturated carbocycles. The summed E-state index contributed by atoms with van der Waals surface area (Å²) in [6, 6.07) is 0. The Morgan fingerprint density at radius 1 is 0.808 bits per heavy atom. The molecule has 0 radical (unpaired) electrons.